The van der Waals surface area contributed by atoms with Gasteiger partial charge in [0, 0.05) is 31.9 Å². The fraction of sp³-hybridized carbons (Fsp3) is 0.571. The summed E-state index contributed by atoms with van der Waals surface area (Å²) >= 11 is 0. The molecule has 0 aromatic heterocycles. The van der Waals surface area contributed by atoms with Crippen LogP contribution in [0.1, 0.15) is 46.1 Å². The van der Waals surface area contributed by atoms with Crippen molar-refractivity contribution in [3.05, 3.63) is 29.8 Å². The lowest BCUT2D eigenvalue weighted by molar-refractivity contribution is -0.147. The van der Waals surface area contributed by atoms with Gasteiger partial charge in [-0.1, -0.05) is 26.0 Å². The topological polar surface area (TPSA) is 79.0 Å². The number of amides is 3. The second-order valence-electron chi connectivity index (χ2n) is 7.83. The molecule has 3 amide bonds. The van der Waals surface area contributed by atoms with Gasteiger partial charge in [0.05, 0.1) is 6.61 Å². The molecule has 0 aliphatic carbocycles. The molecule has 0 atom stereocenters. The third-order valence-corrected chi connectivity index (χ3v) is 5.03. The normalized spacial score (nSPS) is 14.8. The Balaban J connectivity index is 1.96. The molecule has 0 spiro atoms. The van der Waals surface area contributed by atoms with Gasteiger partial charge in [0.25, 0.3) is 0 Å². The van der Waals surface area contributed by atoms with Crippen LogP contribution >= 0.6 is 0 Å². The minimum atomic E-state index is -1.21. The van der Waals surface area contributed by atoms with E-state index in [1.54, 1.807) is 30.6 Å². The summed E-state index contributed by atoms with van der Waals surface area (Å²) in [5.41, 5.74) is 0.651. The molecule has 0 bridgehead atoms. The molecular formula is C21H31N3O4. The lowest BCUT2D eigenvalue weighted by atomic mass is 9.89. The fourth-order valence-electron chi connectivity index (χ4n) is 3.04. The summed E-state index contributed by atoms with van der Waals surface area (Å²) < 4.78 is 4.99. The molecule has 1 aliphatic heterocycles. The summed E-state index contributed by atoms with van der Waals surface area (Å²) in [6, 6.07) is 7.66. The first-order valence-electron chi connectivity index (χ1n) is 9.79. The van der Waals surface area contributed by atoms with E-state index >= 15 is 0 Å². The largest absolute Gasteiger partial charge is 0.450 e. The number of carbonyl (C=O) groups excluding carboxylic acids is 3. The Kier molecular flexibility index (Phi) is 7.05. The smallest absolute Gasteiger partial charge is 0.409 e. The summed E-state index contributed by atoms with van der Waals surface area (Å²) in [6.45, 7) is 11.1. The van der Waals surface area contributed by atoms with Gasteiger partial charge >= 0.3 is 6.09 Å². The van der Waals surface area contributed by atoms with E-state index in [0.29, 0.717) is 44.4 Å². The van der Waals surface area contributed by atoms with Gasteiger partial charge in [-0.2, -0.15) is 0 Å². The lowest BCUT2D eigenvalue weighted by Crippen LogP contribution is -2.55. The van der Waals surface area contributed by atoms with Crippen LogP contribution in [0.2, 0.25) is 0 Å². The van der Waals surface area contributed by atoms with E-state index in [1.807, 2.05) is 24.3 Å². The molecule has 1 aromatic carbocycles. The second-order valence-corrected chi connectivity index (χ2v) is 7.83. The highest BCUT2D eigenvalue weighted by Crippen LogP contribution is 2.24. The molecular weight excluding hydrogens is 358 g/mol. The number of hydrogen-bond acceptors (Lipinski definition) is 4. The van der Waals surface area contributed by atoms with Crippen LogP contribution in [-0.4, -0.2) is 60.5 Å². The zero-order valence-electron chi connectivity index (χ0n) is 17.4. The SMILES string of the molecule is CCOC(=O)N1CCN(C(=O)C(C)(C)C(=O)Nc2ccc(C(C)C)cc2)CC1. The maximum Gasteiger partial charge on any atom is 0.409 e. The number of hydrogen-bond donors (Lipinski definition) is 1. The third kappa shape index (κ3) is 5.03. The number of nitrogens with zero attached hydrogens (tertiary/aromatic N) is 2. The summed E-state index contributed by atoms with van der Waals surface area (Å²) in [5.74, 6) is -0.175. The molecule has 2 rings (SSSR count). The first-order valence-corrected chi connectivity index (χ1v) is 9.79. The van der Waals surface area contributed by atoms with Gasteiger partial charge in [-0.3, -0.25) is 9.59 Å². The molecule has 1 fully saturated rings. The fourth-order valence-corrected chi connectivity index (χ4v) is 3.04. The van der Waals surface area contributed by atoms with Crippen molar-refractivity contribution in [1.29, 1.82) is 0 Å². The molecule has 1 saturated heterocycles. The Bertz CT molecular complexity index is 705. The van der Waals surface area contributed by atoms with Gasteiger partial charge in [-0.05, 0) is 44.4 Å². The quantitative estimate of drug-likeness (QED) is 0.785. The first kappa shape index (κ1) is 21.7. The van der Waals surface area contributed by atoms with E-state index < -0.39 is 5.41 Å². The number of ether oxygens (including phenoxy) is 1. The molecule has 1 aromatic rings. The molecule has 1 heterocycles. The van der Waals surface area contributed by atoms with Crippen molar-refractivity contribution in [2.75, 3.05) is 38.1 Å². The Hall–Kier alpha value is -2.57. The van der Waals surface area contributed by atoms with Crippen LogP contribution in [-0.2, 0) is 14.3 Å². The second kappa shape index (κ2) is 9.08. The van der Waals surface area contributed by atoms with Gasteiger partial charge in [-0.15, -0.1) is 0 Å². The highest BCUT2D eigenvalue weighted by atomic mass is 16.6. The summed E-state index contributed by atoms with van der Waals surface area (Å²) in [7, 11) is 0. The van der Waals surface area contributed by atoms with Crippen molar-refractivity contribution in [1.82, 2.24) is 9.80 Å². The summed E-state index contributed by atoms with van der Waals surface area (Å²) in [6.07, 6.45) is -0.364. The van der Waals surface area contributed by atoms with Crippen molar-refractivity contribution < 1.29 is 19.1 Å². The van der Waals surface area contributed by atoms with Crippen LogP contribution in [0.5, 0.6) is 0 Å². The van der Waals surface area contributed by atoms with Crippen molar-refractivity contribution in [3.63, 3.8) is 0 Å². The maximum absolute atomic E-state index is 12.9. The van der Waals surface area contributed by atoms with E-state index in [4.69, 9.17) is 4.74 Å². The van der Waals surface area contributed by atoms with Crippen molar-refractivity contribution in [2.45, 2.75) is 40.5 Å². The number of rotatable bonds is 5. The number of benzene rings is 1. The monoisotopic (exact) mass is 389 g/mol. The van der Waals surface area contributed by atoms with E-state index in [9.17, 15) is 14.4 Å². The lowest BCUT2D eigenvalue weighted by Gasteiger charge is -2.37. The molecule has 154 valence electrons. The van der Waals surface area contributed by atoms with Gasteiger partial charge in [0.1, 0.15) is 5.41 Å². The summed E-state index contributed by atoms with van der Waals surface area (Å²) in [5, 5.41) is 2.84. The Morgan fingerprint density at radius 1 is 1.04 bits per heavy atom. The van der Waals surface area contributed by atoms with Crippen molar-refractivity contribution >= 4 is 23.6 Å². The van der Waals surface area contributed by atoms with Crippen LogP contribution in [0, 0.1) is 5.41 Å². The van der Waals surface area contributed by atoms with Crippen molar-refractivity contribution in [3.8, 4) is 0 Å². The van der Waals surface area contributed by atoms with Crippen LogP contribution in [0.4, 0.5) is 10.5 Å². The molecule has 0 unspecified atom stereocenters. The molecule has 7 nitrogen and oxygen atoms in total. The molecule has 0 saturated carbocycles. The molecule has 28 heavy (non-hydrogen) atoms. The summed E-state index contributed by atoms with van der Waals surface area (Å²) in [4.78, 5) is 40.7. The predicted octanol–water partition coefficient (Wildman–Crippen LogP) is 3.08. The highest BCUT2D eigenvalue weighted by Gasteiger charge is 2.40. The standard InChI is InChI=1S/C21H31N3O4/c1-6-28-20(27)24-13-11-23(12-14-24)19(26)21(4,5)18(25)22-17-9-7-16(8-10-17)15(2)3/h7-10,15H,6,11-14H2,1-5H3,(H,22,25). The van der Waals surface area contributed by atoms with Crippen LogP contribution in [0.3, 0.4) is 0 Å². The van der Waals surface area contributed by atoms with E-state index in [2.05, 4.69) is 19.2 Å². The number of nitrogens with one attached hydrogen (secondary N) is 1. The average molecular weight is 389 g/mol. The van der Waals surface area contributed by atoms with Gasteiger partial charge in [0.2, 0.25) is 11.8 Å². The molecule has 1 aliphatic rings. The molecule has 1 N–H and O–H groups in total. The number of anilines is 1. The Morgan fingerprint density at radius 2 is 1.57 bits per heavy atom. The van der Waals surface area contributed by atoms with Crippen LogP contribution in [0.25, 0.3) is 0 Å². The van der Waals surface area contributed by atoms with Crippen LogP contribution in [0.15, 0.2) is 24.3 Å². The first-order chi connectivity index (χ1) is 13.2. The Morgan fingerprint density at radius 3 is 2.07 bits per heavy atom. The number of carbonyl (C=O) groups is 3. The zero-order chi connectivity index (χ0) is 20.9. The maximum atomic E-state index is 12.9. The Labute approximate surface area is 167 Å². The van der Waals surface area contributed by atoms with E-state index in [-0.39, 0.29) is 17.9 Å². The van der Waals surface area contributed by atoms with Crippen LogP contribution < -0.4 is 5.32 Å². The minimum absolute atomic E-state index is 0.243. The highest BCUT2D eigenvalue weighted by molar-refractivity contribution is 6.09. The van der Waals surface area contributed by atoms with E-state index in [0.717, 1.165) is 0 Å². The predicted molar refractivity (Wildman–Crippen MR) is 108 cm³/mol. The number of piperazine rings is 1. The third-order valence-electron chi connectivity index (χ3n) is 5.03. The van der Waals surface area contributed by atoms with Gasteiger partial charge in [-0.25, -0.2) is 4.79 Å². The average Bonchev–Trinajstić information content (AvgIpc) is 2.68. The van der Waals surface area contributed by atoms with Gasteiger partial charge in [0.15, 0.2) is 0 Å². The molecule has 7 heteroatoms. The molecule has 0 radical (unpaired) electrons. The van der Waals surface area contributed by atoms with E-state index in [1.165, 1.54) is 5.56 Å². The van der Waals surface area contributed by atoms with Crippen molar-refractivity contribution in [2.24, 2.45) is 5.41 Å². The zero-order valence-corrected chi connectivity index (χ0v) is 17.4. The van der Waals surface area contributed by atoms with Gasteiger partial charge < -0.3 is 19.9 Å². The minimum Gasteiger partial charge on any atom is -0.450 e.